The van der Waals surface area contributed by atoms with Gasteiger partial charge in [-0.3, -0.25) is 0 Å². The zero-order chi connectivity index (χ0) is 16.7. The lowest BCUT2D eigenvalue weighted by molar-refractivity contribution is -0.00537. The van der Waals surface area contributed by atoms with Crippen LogP contribution >= 0.6 is 11.3 Å². The minimum Gasteiger partial charge on any atom is -0.372 e. The third kappa shape index (κ3) is 2.78. The van der Waals surface area contributed by atoms with Gasteiger partial charge in [-0.2, -0.15) is 0 Å². The van der Waals surface area contributed by atoms with E-state index in [0.717, 1.165) is 34.9 Å². The van der Waals surface area contributed by atoms with Gasteiger partial charge in [-0.15, -0.1) is 11.3 Å². The highest BCUT2D eigenvalue weighted by atomic mass is 32.1. The number of benzene rings is 1. The number of thiophene rings is 1. The first kappa shape index (κ1) is 15.5. The van der Waals surface area contributed by atoms with Crippen molar-refractivity contribution in [1.29, 1.82) is 0 Å². The molecule has 1 fully saturated rings. The van der Waals surface area contributed by atoms with Crippen LogP contribution in [-0.4, -0.2) is 35.3 Å². The lowest BCUT2D eigenvalue weighted by Crippen LogP contribution is -2.46. The molecule has 0 N–H and O–H groups in total. The number of hydrogen-bond donors (Lipinski definition) is 0. The number of nitrogens with zero attached hydrogens (tertiary/aromatic N) is 3. The maximum atomic E-state index is 5.89. The highest BCUT2D eigenvalue weighted by Gasteiger charge is 2.26. The molecule has 1 aromatic carbocycles. The van der Waals surface area contributed by atoms with Gasteiger partial charge in [0.25, 0.3) is 0 Å². The third-order valence-electron chi connectivity index (χ3n) is 4.33. The predicted molar refractivity (Wildman–Crippen MR) is 99.8 cm³/mol. The van der Waals surface area contributed by atoms with Crippen LogP contribution in [0.4, 0.5) is 5.82 Å². The van der Waals surface area contributed by atoms with E-state index < -0.39 is 0 Å². The van der Waals surface area contributed by atoms with Crippen LogP contribution in [0, 0.1) is 6.92 Å². The van der Waals surface area contributed by atoms with E-state index >= 15 is 0 Å². The van der Waals surface area contributed by atoms with E-state index in [1.54, 1.807) is 11.3 Å². The van der Waals surface area contributed by atoms with Gasteiger partial charge in [0.05, 0.1) is 17.6 Å². The molecule has 24 heavy (non-hydrogen) atoms. The fraction of sp³-hybridized carbons (Fsp3) is 0.368. The van der Waals surface area contributed by atoms with Crippen LogP contribution in [-0.2, 0) is 4.74 Å². The molecule has 0 radical (unpaired) electrons. The maximum absolute atomic E-state index is 5.89. The number of morpholine rings is 1. The van der Waals surface area contributed by atoms with Crippen molar-refractivity contribution in [3.8, 4) is 11.1 Å². The normalized spacial score (nSPS) is 21.4. The minimum atomic E-state index is 0.206. The summed E-state index contributed by atoms with van der Waals surface area (Å²) < 4.78 is 5.89. The van der Waals surface area contributed by atoms with Gasteiger partial charge < -0.3 is 9.64 Å². The standard InChI is InChI=1S/C19H21N3OS/c1-12-9-22(10-13(2)23-12)18-17-16(15-7-5-4-6-8-15)11-24-19(17)21-14(3)20-18/h4-8,11-13H,9-10H2,1-3H3/t12-,13-/m1/s1. The van der Waals surface area contributed by atoms with Gasteiger partial charge in [-0.05, 0) is 26.3 Å². The summed E-state index contributed by atoms with van der Waals surface area (Å²) in [5.41, 5.74) is 2.43. The summed E-state index contributed by atoms with van der Waals surface area (Å²) in [6, 6.07) is 10.5. The zero-order valence-corrected chi connectivity index (χ0v) is 15.0. The van der Waals surface area contributed by atoms with E-state index in [-0.39, 0.29) is 12.2 Å². The summed E-state index contributed by atoms with van der Waals surface area (Å²) in [5.74, 6) is 1.87. The van der Waals surface area contributed by atoms with Crippen molar-refractivity contribution in [3.05, 3.63) is 41.5 Å². The van der Waals surface area contributed by atoms with Crippen LogP contribution in [0.5, 0.6) is 0 Å². The lowest BCUT2D eigenvalue weighted by Gasteiger charge is -2.36. The second-order valence-corrected chi connectivity index (χ2v) is 7.31. The Bertz CT molecular complexity index is 852. The first-order valence-corrected chi connectivity index (χ1v) is 9.21. The second kappa shape index (κ2) is 6.15. The highest BCUT2D eigenvalue weighted by Crippen LogP contribution is 2.38. The lowest BCUT2D eigenvalue weighted by atomic mass is 10.1. The average Bonchev–Trinajstić information content (AvgIpc) is 2.97. The number of aryl methyl sites for hydroxylation is 1. The first-order valence-electron chi connectivity index (χ1n) is 8.33. The molecular weight excluding hydrogens is 318 g/mol. The van der Waals surface area contributed by atoms with Crippen molar-refractivity contribution in [2.75, 3.05) is 18.0 Å². The topological polar surface area (TPSA) is 38.2 Å². The molecule has 2 aromatic heterocycles. The Kier molecular flexibility index (Phi) is 3.98. The van der Waals surface area contributed by atoms with Crippen LogP contribution in [0.25, 0.3) is 21.3 Å². The number of rotatable bonds is 2. The molecule has 5 heteroatoms. The quantitative estimate of drug-likeness (QED) is 0.698. The monoisotopic (exact) mass is 339 g/mol. The Morgan fingerprint density at radius 3 is 2.50 bits per heavy atom. The molecule has 2 atom stereocenters. The zero-order valence-electron chi connectivity index (χ0n) is 14.2. The molecule has 1 aliphatic heterocycles. The largest absolute Gasteiger partial charge is 0.372 e. The van der Waals surface area contributed by atoms with Crippen molar-refractivity contribution in [2.24, 2.45) is 0 Å². The van der Waals surface area contributed by atoms with E-state index in [1.807, 2.05) is 13.0 Å². The van der Waals surface area contributed by atoms with Crippen LogP contribution in [0.1, 0.15) is 19.7 Å². The van der Waals surface area contributed by atoms with Crippen molar-refractivity contribution in [2.45, 2.75) is 33.0 Å². The Labute approximate surface area is 146 Å². The molecule has 0 bridgehead atoms. The molecule has 1 aliphatic rings. The Morgan fingerprint density at radius 2 is 1.79 bits per heavy atom. The molecule has 124 valence electrons. The summed E-state index contributed by atoms with van der Waals surface area (Å²) in [4.78, 5) is 12.9. The summed E-state index contributed by atoms with van der Waals surface area (Å²) in [7, 11) is 0. The molecule has 1 saturated heterocycles. The molecule has 4 nitrogen and oxygen atoms in total. The predicted octanol–water partition coefficient (Wildman–Crippen LogP) is 4.28. The third-order valence-corrected chi connectivity index (χ3v) is 5.20. The molecule has 0 aliphatic carbocycles. The number of aromatic nitrogens is 2. The fourth-order valence-corrected chi connectivity index (χ4v) is 4.42. The molecular formula is C19H21N3OS. The van der Waals surface area contributed by atoms with Crippen molar-refractivity contribution in [1.82, 2.24) is 9.97 Å². The van der Waals surface area contributed by atoms with E-state index in [0.29, 0.717) is 0 Å². The SMILES string of the molecule is Cc1nc(N2C[C@@H](C)O[C@H](C)C2)c2c(-c3ccccc3)csc2n1. The van der Waals surface area contributed by atoms with E-state index in [1.165, 1.54) is 11.1 Å². The number of fused-ring (bicyclic) bond motifs is 1. The van der Waals surface area contributed by atoms with Crippen LogP contribution in [0.3, 0.4) is 0 Å². The van der Waals surface area contributed by atoms with Gasteiger partial charge in [0, 0.05) is 24.0 Å². The Balaban J connectivity index is 1.89. The molecule has 0 saturated carbocycles. The smallest absolute Gasteiger partial charge is 0.141 e. The molecule has 3 heterocycles. The van der Waals surface area contributed by atoms with Crippen LogP contribution in [0.2, 0.25) is 0 Å². The summed E-state index contributed by atoms with van der Waals surface area (Å²) in [6.07, 6.45) is 0.413. The molecule has 0 spiro atoms. The van der Waals surface area contributed by atoms with Gasteiger partial charge in [0.1, 0.15) is 16.5 Å². The van der Waals surface area contributed by atoms with Crippen molar-refractivity contribution in [3.63, 3.8) is 0 Å². The van der Waals surface area contributed by atoms with Crippen molar-refractivity contribution < 1.29 is 4.74 Å². The average molecular weight is 339 g/mol. The Hall–Kier alpha value is -1.98. The summed E-state index contributed by atoms with van der Waals surface area (Å²) in [5, 5.41) is 3.36. The van der Waals surface area contributed by atoms with Gasteiger partial charge >= 0.3 is 0 Å². The van der Waals surface area contributed by atoms with E-state index in [4.69, 9.17) is 9.72 Å². The van der Waals surface area contributed by atoms with E-state index in [9.17, 15) is 0 Å². The minimum absolute atomic E-state index is 0.206. The highest BCUT2D eigenvalue weighted by molar-refractivity contribution is 7.17. The number of anilines is 1. The van der Waals surface area contributed by atoms with Crippen LogP contribution < -0.4 is 4.90 Å². The number of hydrogen-bond acceptors (Lipinski definition) is 5. The first-order chi connectivity index (χ1) is 11.6. The Morgan fingerprint density at radius 1 is 1.08 bits per heavy atom. The maximum Gasteiger partial charge on any atom is 0.141 e. The van der Waals surface area contributed by atoms with Gasteiger partial charge in [0.15, 0.2) is 0 Å². The molecule has 0 amide bonds. The summed E-state index contributed by atoms with van der Waals surface area (Å²) >= 11 is 1.69. The molecule has 4 rings (SSSR count). The van der Waals surface area contributed by atoms with Gasteiger partial charge in [-0.25, -0.2) is 9.97 Å². The van der Waals surface area contributed by atoms with Crippen LogP contribution in [0.15, 0.2) is 35.7 Å². The van der Waals surface area contributed by atoms with Gasteiger partial charge in [-0.1, -0.05) is 30.3 Å². The summed E-state index contributed by atoms with van der Waals surface area (Å²) in [6.45, 7) is 7.94. The number of ether oxygens (including phenoxy) is 1. The van der Waals surface area contributed by atoms with E-state index in [2.05, 4.69) is 53.4 Å². The fourth-order valence-electron chi connectivity index (χ4n) is 3.44. The molecule has 3 aromatic rings. The van der Waals surface area contributed by atoms with Crippen molar-refractivity contribution >= 4 is 27.4 Å². The van der Waals surface area contributed by atoms with Gasteiger partial charge in [0.2, 0.25) is 0 Å². The molecule has 0 unspecified atom stereocenters. The second-order valence-electron chi connectivity index (χ2n) is 6.45.